The van der Waals surface area contributed by atoms with E-state index in [1.165, 1.54) is 34.6 Å². The molecule has 36 heteroatoms. The highest BCUT2D eigenvalue weighted by Gasteiger charge is 2.49. The number of cyclic esters (lactones) is 1. The molecule has 2 aromatic heterocycles. The monoisotopic (exact) mass is 1630 g/mol. The van der Waals surface area contributed by atoms with Crippen LogP contribution in [0.5, 0.6) is 5.75 Å². The Labute approximate surface area is 677 Å². The lowest BCUT2D eigenvalue weighted by Gasteiger charge is -2.38. The van der Waals surface area contributed by atoms with E-state index in [2.05, 4.69) is 38.6 Å². The molecule has 5 aromatic rings. The first-order valence-electron chi connectivity index (χ1n) is 39.5. The number of rotatable bonds is 40. The highest BCUT2D eigenvalue weighted by molar-refractivity contribution is 5.99. The molecule has 10 N–H and O–H groups in total. The molecular weight excluding hydrogens is 1520 g/mol. The Kier molecular flexibility index (Phi) is 31.4. The minimum atomic E-state index is -2.09. The van der Waals surface area contributed by atoms with Gasteiger partial charge in [0.05, 0.1) is 80.9 Å². The number of hydrogen-bond donors (Lipinski definition) is 10. The van der Waals surface area contributed by atoms with Crippen molar-refractivity contribution < 1.29 is 111 Å². The predicted octanol–water partition coefficient (Wildman–Crippen LogP) is 1.90. The number of fused-ring (bicyclic) bond motifs is 6. The Bertz CT molecular complexity index is 4440. The number of carbonyl (C=O) groups excluding carboxylic acids is 8. The molecule has 0 spiro atoms. The zero-order valence-corrected chi connectivity index (χ0v) is 67.8. The maximum atomic E-state index is 14.3. The number of nitrogens with zero attached hydrogens (tertiary/aromatic N) is 7. The van der Waals surface area contributed by atoms with E-state index in [4.69, 9.17) is 47.6 Å². The van der Waals surface area contributed by atoms with Gasteiger partial charge in [0.2, 0.25) is 41.7 Å². The molecule has 5 aliphatic heterocycles. The van der Waals surface area contributed by atoms with E-state index in [0.717, 1.165) is 35.2 Å². The smallest absolute Gasteiger partial charge is 0.410 e. The van der Waals surface area contributed by atoms with Crippen LogP contribution in [0, 0.1) is 5.92 Å². The number of carboxylic acids is 1. The minimum absolute atomic E-state index is 0.0165. The highest BCUT2D eigenvalue weighted by atomic mass is 16.7. The van der Waals surface area contributed by atoms with Gasteiger partial charge in [-0.1, -0.05) is 45.0 Å². The van der Waals surface area contributed by atoms with E-state index >= 15 is 0 Å². The molecule has 0 radical (unpaired) electrons. The van der Waals surface area contributed by atoms with Crippen molar-refractivity contribution in [2.45, 2.75) is 173 Å². The first kappa shape index (κ1) is 89.5. The number of nitrogens with one attached hydrogen (secondary N) is 5. The zero-order chi connectivity index (χ0) is 84.5. The first-order valence-corrected chi connectivity index (χ1v) is 39.5. The van der Waals surface area contributed by atoms with Gasteiger partial charge in [-0.25, -0.2) is 24.4 Å². The lowest BCUT2D eigenvalue weighted by molar-refractivity contribution is -0.271. The molecule has 0 aliphatic carbocycles. The number of benzene rings is 3. The van der Waals surface area contributed by atoms with Crippen LogP contribution in [-0.4, -0.2) is 290 Å². The molecule has 7 amide bonds. The normalized spacial score (nSPS) is 20.1. The van der Waals surface area contributed by atoms with Crippen molar-refractivity contribution in [3.63, 3.8) is 0 Å². The largest absolute Gasteiger partial charge is 0.479 e. The Morgan fingerprint density at radius 3 is 2.17 bits per heavy atom. The van der Waals surface area contributed by atoms with Gasteiger partial charge in [-0.2, -0.15) is 0 Å². The molecule has 10 rings (SSSR count). The number of likely N-dealkylation sites (tertiary alicyclic amines) is 1. The number of aliphatic carboxylic acids is 1. The molecule has 7 heterocycles. The van der Waals surface area contributed by atoms with Gasteiger partial charge in [-0.05, 0) is 125 Å². The molecule has 36 nitrogen and oxygen atoms in total. The Morgan fingerprint density at radius 2 is 1.49 bits per heavy atom. The summed E-state index contributed by atoms with van der Waals surface area (Å²) in [6.07, 6.45) is -9.29. The fraction of sp³-hybridized carbons (Fsp3) is 0.568. The van der Waals surface area contributed by atoms with Crippen molar-refractivity contribution in [1.82, 2.24) is 45.3 Å². The molecule has 2 fully saturated rings. The number of carbonyl (C=O) groups is 9. The molecule has 2 saturated heterocycles. The number of amides is 7. The van der Waals surface area contributed by atoms with Crippen LogP contribution in [0.15, 0.2) is 71.5 Å². The van der Waals surface area contributed by atoms with Crippen LogP contribution in [-0.2, 0) is 114 Å². The third kappa shape index (κ3) is 21.9. The maximum absolute atomic E-state index is 14.3. The summed E-state index contributed by atoms with van der Waals surface area (Å²) in [6.45, 7) is 11.8. The summed E-state index contributed by atoms with van der Waals surface area (Å²) < 4.78 is 51.7. The van der Waals surface area contributed by atoms with Crippen LogP contribution in [0.3, 0.4) is 0 Å². The number of carboxylic acid groups (broad SMARTS) is 1. The van der Waals surface area contributed by atoms with Crippen molar-refractivity contribution in [3.05, 3.63) is 110 Å². The highest BCUT2D eigenvalue weighted by Crippen LogP contribution is 2.42. The quantitative estimate of drug-likeness (QED) is 0.0149. The van der Waals surface area contributed by atoms with Crippen LogP contribution >= 0.6 is 0 Å². The summed E-state index contributed by atoms with van der Waals surface area (Å²) in [4.78, 5) is 148. The number of aliphatic hydroxyl groups is 4. The maximum Gasteiger partial charge on any atom is 0.410 e. The molecule has 117 heavy (non-hydrogen) atoms. The Balaban J connectivity index is 0.741. The number of hydrogen-bond acceptors (Lipinski definition) is 27. The van der Waals surface area contributed by atoms with Crippen molar-refractivity contribution >= 4 is 81.4 Å². The number of ether oxygens (including phenoxy) is 9. The second-order valence-electron chi connectivity index (χ2n) is 30.3. The van der Waals surface area contributed by atoms with Gasteiger partial charge in [0.15, 0.2) is 11.7 Å². The lowest BCUT2D eigenvalue weighted by Crippen LogP contribution is -2.61. The van der Waals surface area contributed by atoms with Gasteiger partial charge in [0, 0.05) is 113 Å². The molecule has 9 atom stereocenters. The second kappa shape index (κ2) is 41.0. The molecule has 0 saturated carbocycles. The average molecular weight is 1640 g/mol. The van der Waals surface area contributed by atoms with E-state index in [1.807, 2.05) is 61.6 Å². The number of pyridine rings is 2. The lowest BCUT2D eigenvalue weighted by atomic mass is 9.86. The number of likely N-dealkylation sites (N-methyl/N-ethyl adjacent to an activating group) is 2. The van der Waals surface area contributed by atoms with Gasteiger partial charge < -0.3 is 114 Å². The van der Waals surface area contributed by atoms with Gasteiger partial charge in [-0.15, -0.1) is 0 Å². The van der Waals surface area contributed by atoms with Crippen molar-refractivity contribution in [3.8, 4) is 17.1 Å². The van der Waals surface area contributed by atoms with Crippen molar-refractivity contribution in [2.75, 3.05) is 136 Å². The first-order chi connectivity index (χ1) is 55.9. The molecule has 638 valence electrons. The predicted molar refractivity (Wildman–Crippen MR) is 423 cm³/mol. The van der Waals surface area contributed by atoms with E-state index in [0.29, 0.717) is 80.5 Å². The van der Waals surface area contributed by atoms with E-state index in [-0.39, 0.29) is 124 Å². The summed E-state index contributed by atoms with van der Waals surface area (Å²) >= 11 is 0. The molecule has 1 unspecified atom stereocenters. The third-order valence-corrected chi connectivity index (χ3v) is 21.8. The summed E-state index contributed by atoms with van der Waals surface area (Å²) in [5.41, 5.74) is 6.90. The van der Waals surface area contributed by atoms with Crippen LogP contribution in [0.25, 0.3) is 22.3 Å². The minimum Gasteiger partial charge on any atom is -0.479 e. The van der Waals surface area contributed by atoms with Crippen LogP contribution in [0.2, 0.25) is 0 Å². The van der Waals surface area contributed by atoms with Gasteiger partial charge in [-0.3, -0.25) is 39.0 Å². The molecular formula is C81H110N12O24. The molecule has 0 bridgehead atoms. The number of aromatic nitrogens is 2. The SMILES string of the molecule is CC[C@@]1(O)C(=O)OCc2c1cc1n(c2=O)Cc2c-1nc1ccccc1c2CCN(C(=O)OCc1ccc(NC(=O)[C@H](C)NC(=O)[C@@H](NC(=O)COCC(=O)N(CCOCCOCCOCCOC)C2CCN(C(=O)CCC(=O)Nc3ccc4c(c3)CC(CN(C)NC)N4C)CC2)C(C)C)c(O[C@@H]2O[C@H](C(=O)O)[C@@H](O)[C@H](O)[C@H]2O)c1)C(C)C. The van der Waals surface area contributed by atoms with E-state index < -0.39 is 127 Å². The standard InChI is InChI=1S/C81H110N12O24/c1-11-81(108)58-39-62-69-56(41-93(62)76(103)57(58)43-114-79(81)106)54(55-14-12-13-15-59(55)85-69)24-27-91(47(4)5)80(107)115-42-49-16-18-60(63(36-49)116-78-72(100)70(98)71(99)73(117-78)77(104)105)86-74(101)48(6)83-75(102)68(46(2)3)87-65(95)44-113-45-67(97)92(28-29-110-32-33-112-35-34-111-31-30-109-10)52-22-25-90(26-23-52)66(96)21-20-64(94)84-51-17-19-61-50(37-51)38-53(89(61)9)40-88(8)82-7/h12-19,36-37,39,46-48,52-53,68,70-73,78,82,98-100,108H,11,20-35,38,40-45H2,1-10H3,(H,83,102)(H,84,94)(H,86,101)(H,87,95)(H,104,105)/t48-,53?,68-,70-,71-,72+,73-,78+,81-/m0/s1. The number of anilines is 3. The van der Waals surface area contributed by atoms with Crippen molar-refractivity contribution in [1.29, 1.82) is 0 Å². The molecule has 5 aliphatic rings. The number of esters is 1. The summed E-state index contributed by atoms with van der Waals surface area (Å²) in [5, 5.41) is 67.3. The summed E-state index contributed by atoms with van der Waals surface area (Å²) in [5.74, 6) is -6.83. The fourth-order valence-electron chi connectivity index (χ4n) is 15.0. The van der Waals surface area contributed by atoms with Crippen molar-refractivity contribution in [2.24, 2.45) is 5.92 Å². The zero-order valence-electron chi connectivity index (χ0n) is 67.8. The van der Waals surface area contributed by atoms with E-state index in [1.54, 1.807) is 57.6 Å². The molecule has 3 aromatic carbocycles. The number of piperidine rings is 1. The Hall–Kier alpha value is -9.83. The van der Waals surface area contributed by atoms with Gasteiger partial charge >= 0.3 is 18.0 Å². The van der Waals surface area contributed by atoms with Crippen LogP contribution < -0.4 is 41.9 Å². The summed E-state index contributed by atoms with van der Waals surface area (Å²) in [6, 6.07) is 15.7. The van der Waals surface area contributed by atoms with Crippen LogP contribution in [0.1, 0.15) is 107 Å². The number of hydrazine groups is 1. The topological polar surface area (TPSA) is 449 Å². The van der Waals surface area contributed by atoms with E-state index in [9.17, 15) is 73.5 Å². The number of para-hydroxylation sites is 1. The third-order valence-electron chi connectivity index (χ3n) is 21.8. The van der Waals surface area contributed by atoms with Gasteiger partial charge in [0.25, 0.3) is 5.56 Å². The average Bonchev–Trinajstić information content (AvgIpc) is 1.59. The second-order valence-corrected chi connectivity index (χ2v) is 30.3. The number of methoxy groups -OCH3 is 1. The van der Waals surface area contributed by atoms with Gasteiger partial charge in [0.1, 0.15) is 62.6 Å². The summed E-state index contributed by atoms with van der Waals surface area (Å²) in [7, 11) is 7.48. The van der Waals surface area contributed by atoms with Crippen LogP contribution in [0.4, 0.5) is 21.9 Å². The Morgan fingerprint density at radius 1 is 0.778 bits per heavy atom. The number of aliphatic hydroxyl groups excluding tert-OH is 3. The fourth-order valence-corrected chi connectivity index (χ4v) is 15.0.